The maximum Gasteiger partial charge on any atom is 0.153 e. The lowest BCUT2D eigenvalue weighted by Crippen LogP contribution is -2.16. The van der Waals surface area contributed by atoms with E-state index < -0.39 is 0 Å². The van der Waals surface area contributed by atoms with Crippen molar-refractivity contribution in [3.05, 3.63) is 17.0 Å². The summed E-state index contributed by atoms with van der Waals surface area (Å²) in [4.78, 5) is 0. The zero-order valence-electron chi connectivity index (χ0n) is 7.89. The van der Waals surface area contributed by atoms with E-state index in [2.05, 4.69) is 15.8 Å². The summed E-state index contributed by atoms with van der Waals surface area (Å²) in [6.45, 7) is 2.83. The number of fused-ring (bicyclic) bond motifs is 1. The summed E-state index contributed by atoms with van der Waals surface area (Å²) in [6, 6.07) is 0. The standard InChI is InChI=1S/C9H15N3O/c1-10-6-9-7-2-4-11-5-3-8(7)12-13-9/h10-11H,2-6H2,1H3. The highest BCUT2D eigenvalue weighted by atomic mass is 16.5. The predicted octanol–water partition coefficient (Wildman–Crippen LogP) is 0.0822. The monoisotopic (exact) mass is 181 g/mol. The zero-order chi connectivity index (χ0) is 9.10. The molecule has 0 saturated carbocycles. The van der Waals surface area contributed by atoms with E-state index in [-0.39, 0.29) is 0 Å². The van der Waals surface area contributed by atoms with E-state index in [1.165, 1.54) is 5.56 Å². The molecule has 0 fully saturated rings. The molecule has 1 aliphatic heterocycles. The molecule has 2 rings (SSSR count). The van der Waals surface area contributed by atoms with Crippen LogP contribution >= 0.6 is 0 Å². The van der Waals surface area contributed by atoms with Crippen molar-refractivity contribution >= 4 is 0 Å². The van der Waals surface area contributed by atoms with Crippen LogP contribution in [0.1, 0.15) is 17.0 Å². The molecule has 2 N–H and O–H groups in total. The van der Waals surface area contributed by atoms with Gasteiger partial charge in [0.05, 0.1) is 12.2 Å². The minimum atomic E-state index is 0.780. The predicted molar refractivity (Wildman–Crippen MR) is 49.5 cm³/mol. The first-order valence-corrected chi connectivity index (χ1v) is 4.73. The van der Waals surface area contributed by atoms with Crippen molar-refractivity contribution in [2.24, 2.45) is 0 Å². The summed E-state index contributed by atoms with van der Waals surface area (Å²) in [7, 11) is 1.92. The molecule has 1 aromatic rings. The summed E-state index contributed by atoms with van der Waals surface area (Å²) < 4.78 is 5.27. The smallest absolute Gasteiger partial charge is 0.153 e. The Morgan fingerprint density at radius 2 is 2.31 bits per heavy atom. The number of nitrogens with one attached hydrogen (secondary N) is 2. The SMILES string of the molecule is CNCc1onc2c1CCNCC2. The second-order valence-corrected chi connectivity index (χ2v) is 3.31. The van der Waals surface area contributed by atoms with Crippen LogP contribution in [0.2, 0.25) is 0 Å². The Balaban J connectivity index is 2.23. The van der Waals surface area contributed by atoms with Crippen LogP contribution < -0.4 is 10.6 Å². The van der Waals surface area contributed by atoms with Crippen LogP contribution in [0.3, 0.4) is 0 Å². The van der Waals surface area contributed by atoms with Crippen LogP contribution in [-0.2, 0) is 19.4 Å². The Morgan fingerprint density at radius 1 is 1.46 bits per heavy atom. The van der Waals surface area contributed by atoms with Crippen molar-refractivity contribution in [1.82, 2.24) is 15.8 Å². The molecule has 13 heavy (non-hydrogen) atoms. The van der Waals surface area contributed by atoms with Crippen molar-refractivity contribution in [2.75, 3.05) is 20.1 Å². The van der Waals surface area contributed by atoms with Gasteiger partial charge in [-0.15, -0.1) is 0 Å². The average Bonchev–Trinajstić information content (AvgIpc) is 2.38. The Bertz CT molecular complexity index is 282. The van der Waals surface area contributed by atoms with E-state index in [0.29, 0.717) is 0 Å². The minimum Gasteiger partial charge on any atom is -0.359 e. The molecule has 72 valence electrons. The van der Waals surface area contributed by atoms with Crippen LogP contribution in [0, 0.1) is 0 Å². The third-order valence-electron chi connectivity index (χ3n) is 2.38. The third-order valence-corrected chi connectivity index (χ3v) is 2.38. The summed E-state index contributed by atoms with van der Waals surface area (Å²) in [5.74, 6) is 1.00. The van der Waals surface area contributed by atoms with Crippen LogP contribution in [0.25, 0.3) is 0 Å². The van der Waals surface area contributed by atoms with Crippen molar-refractivity contribution in [3.63, 3.8) is 0 Å². The molecule has 0 spiro atoms. The van der Waals surface area contributed by atoms with E-state index in [9.17, 15) is 0 Å². The minimum absolute atomic E-state index is 0.780. The molecule has 0 atom stereocenters. The lowest BCUT2D eigenvalue weighted by Gasteiger charge is -1.98. The Labute approximate surface area is 77.7 Å². The van der Waals surface area contributed by atoms with E-state index in [1.807, 2.05) is 7.05 Å². The Hall–Kier alpha value is -0.870. The molecule has 0 unspecified atom stereocenters. The maximum atomic E-state index is 5.27. The second kappa shape index (κ2) is 3.89. The fourth-order valence-electron chi connectivity index (χ4n) is 1.71. The first-order chi connectivity index (χ1) is 6.42. The van der Waals surface area contributed by atoms with E-state index in [0.717, 1.165) is 43.9 Å². The first-order valence-electron chi connectivity index (χ1n) is 4.73. The van der Waals surface area contributed by atoms with E-state index in [1.54, 1.807) is 0 Å². The Morgan fingerprint density at radius 3 is 3.15 bits per heavy atom. The van der Waals surface area contributed by atoms with Gasteiger partial charge < -0.3 is 15.2 Å². The van der Waals surface area contributed by atoms with Gasteiger partial charge in [-0.25, -0.2) is 0 Å². The van der Waals surface area contributed by atoms with Gasteiger partial charge in [0.2, 0.25) is 0 Å². The van der Waals surface area contributed by atoms with Crippen LogP contribution in [0.4, 0.5) is 0 Å². The molecule has 0 aliphatic carbocycles. The Kier molecular flexibility index (Phi) is 2.61. The molecule has 1 aromatic heterocycles. The molecule has 4 heteroatoms. The summed E-state index contributed by atoms with van der Waals surface area (Å²) in [6.07, 6.45) is 2.03. The summed E-state index contributed by atoms with van der Waals surface area (Å²) >= 11 is 0. The topological polar surface area (TPSA) is 50.1 Å². The first kappa shape index (κ1) is 8.72. The van der Waals surface area contributed by atoms with Gasteiger partial charge in [0.25, 0.3) is 0 Å². The summed E-state index contributed by atoms with van der Waals surface area (Å²) in [5, 5.41) is 10.5. The van der Waals surface area contributed by atoms with Gasteiger partial charge in [-0.3, -0.25) is 0 Å². The summed E-state index contributed by atoms with van der Waals surface area (Å²) in [5.41, 5.74) is 2.44. The van der Waals surface area contributed by atoms with Gasteiger partial charge >= 0.3 is 0 Å². The highest BCUT2D eigenvalue weighted by Gasteiger charge is 2.16. The van der Waals surface area contributed by atoms with E-state index >= 15 is 0 Å². The van der Waals surface area contributed by atoms with Crippen molar-refractivity contribution in [2.45, 2.75) is 19.4 Å². The van der Waals surface area contributed by atoms with Crippen LogP contribution in [0.15, 0.2) is 4.52 Å². The second-order valence-electron chi connectivity index (χ2n) is 3.31. The average molecular weight is 181 g/mol. The van der Waals surface area contributed by atoms with E-state index in [4.69, 9.17) is 4.52 Å². The number of hydrogen-bond donors (Lipinski definition) is 2. The zero-order valence-corrected chi connectivity index (χ0v) is 7.89. The highest BCUT2D eigenvalue weighted by molar-refractivity contribution is 5.24. The molecular weight excluding hydrogens is 166 g/mol. The molecule has 0 saturated heterocycles. The van der Waals surface area contributed by atoms with Gasteiger partial charge in [0.1, 0.15) is 0 Å². The maximum absolute atomic E-state index is 5.27. The van der Waals surface area contributed by atoms with Crippen LogP contribution in [-0.4, -0.2) is 25.3 Å². The molecule has 0 aromatic carbocycles. The van der Waals surface area contributed by atoms with Gasteiger partial charge in [-0.1, -0.05) is 5.16 Å². The van der Waals surface area contributed by atoms with Crippen molar-refractivity contribution < 1.29 is 4.52 Å². The molecule has 0 amide bonds. The quantitative estimate of drug-likeness (QED) is 0.678. The molecule has 0 bridgehead atoms. The number of rotatable bonds is 2. The number of hydrogen-bond acceptors (Lipinski definition) is 4. The number of nitrogens with zero attached hydrogens (tertiary/aromatic N) is 1. The molecule has 2 heterocycles. The highest BCUT2D eigenvalue weighted by Crippen LogP contribution is 2.16. The lowest BCUT2D eigenvalue weighted by atomic mass is 10.1. The molecular formula is C9H15N3O. The third kappa shape index (κ3) is 1.73. The van der Waals surface area contributed by atoms with Crippen molar-refractivity contribution in [1.29, 1.82) is 0 Å². The fourth-order valence-corrected chi connectivity index (χ4v) is 1.71. The van der Waals surface area contributed by atoms with Gasteiger partial charge in [0, 0.05) is 18.5 Å². The molecule has 4 nitrogen and oxygen atoms in total. The van der Waals surface area contributed by atoms with Gasteiger partial charge in [0.15, 0.2) is 5.76 Å². The van der Waals surface area contributed by atoms with Crippen LogP contribution in [0.5, 0.6) is 0 Å². The van der Waals surface area contributed by atoms with Crippen molar-refractivity contribution in [3.8, 4) is 0 Å². The normalized spacial score (nSPS) is 16.7. The number of aromatic nitrogens is 1. The lowest BCUT2D eigenvalue weighted by molar-refractivity contribution is 0.368. The largest absolute Gasteiger partial charge is 0.359 e. The van der Waals surface area contributed by atoms with Gasteiger partial charge in [-0.05, 0) is 20.0 Å². The fraction of sp³-hybridized carbons (Fsp3) is 0.667. The van der Waals surface area contributed by atoms with Gasteiger partial charge in [-0.2, -0.15) is 0 Å². The molecule has 0 radical (unpaired) electrons. The molecule has 1 aliphatic rings.